The number of hydrogen-bond donors (Lipinski definition) is 3. The minimum Gasteiger partial charge on any atom is -0.454 e. The smallest absolute Gasteiger partial charge is 0.270 e. The van der Waals surface area contributed by atoms with Gasteiger partial charge in [0.05, 0.1) is 0 Å². The van der Waals surface area contributed by atoms with E-state index in [9.17, 15) is 14.7 Å². The molecule has 2 aromatic carbocycles. The van der Waals surface area contributed by atoms with Crippen LogP contribution in [0.15, 0.2) is 65.4 Å². The van der Waals surface area contributed by atoms with Crippen LogP contribution in [0.3, 0.4) is 0 Å². The predicted molar refractivity (Wildman–Crippen MR) is 120 cm³/mol. The van der Waals surface area contributed by atoms with Crippen LogP contribution < -0.4 is 15.8 Å². The average molecular weight is 431 g/mol. The molecular weight excluding hydrogens is 404 g/mol. The van der Waals surface area contributed by atoms with E-state index in [-0.39, 0.29) is 11.5 Å². The van der Waals surface area contributed by atoms with Gasteiger partial charge >= 0.3 is 0 Å². The highest BCUT2D eigenvalue weighted by Crippen LogP contribution is 2.59. The molecule has 1 aliphatic heterocycles. The lowest BCUT2D eigenvalue weighted by atomic mass is 9.82. The number of carbonyl (C=O) groups excluding carboxylic acids is 2. The molecule has 2 atom stereocenters. The lowest BCUT2D eigenvalue weighted by Crippen LogP contribution is -2.62. The molecule has 32 heavy (non-hydrogen) atoms. The lowest BCUT2D eigenvalue weighted by molar-refractivity contribution is -0.152. The highest BCUT2D eigenvalue weighted by molar-refractivity contribution is 6.16. The first-order chi connectivity index (χ1) is 15.2. The summed E-state index contributed by atoms with van der Waals surface area (Å²) in [5.74, 6) is -2.36. The highest BCUT2D eigenvalue weighted by Gasteiger charge is 2.73. The molecule has 6 nitrogen and oxygen atoms in total. The number of ether oxygens (including phenoxy) is 1. The number of carbonyl (C=O) groups is 2. The van der Waals surface area contributed by atoms with Crippen LogP contribution in [0, 0.1) is 6.92 Å². The normalized spacial score (nSPS) is 25.8. The third kappa shape index (κ3) is 2.56. The van der Waals surface area contributed by atoms with Crippen LogP contribution in [0.4, 0.5) is 0 Å². The van der Waals surface area contributed by atoms with Crippen molar-refractivity contribution in [3.8, 4) is 5.75 Å². The van der Waals surface area contributed by atoms with Crippen molar-refractivity contribution in [2.45, 2.75) is 50.9 Å². The Morgan fingerprint density at radius 1 is 1.22 bits per heavy atom. The first kappa shape index (κ1) is 20.5. The first-order valence-electron chi connectivity index (χ1n) is 10.9. The van der Waals surface area contributed by atoms with Gasteiger partial charge in [0, 0.05) is 28.0 Å². The molecule has 1 fully saturated rings. The van der Waals surface area contributed by atoms with Crippen LogP contribution in [0.1, 0.15) is 59.7 Å². The fourth-order valence-corrected chi connectivity index (χ4v) is 5.02. The van der Waals surface area contributed by atoms with Gasteiger partial charge in [-0.2, -0.15) is 0 Å². The number of fused-ring (bicyclic) bond motifs is 5. The minimum atomic E-state index is -2.07. The van der Waals surface area contributed by atoms with Crippen LogP contribution in [-0.4, -0.2) is 22.6 Å². The van der Waals surface area contributed by atoms with Gasteiger partial charge < -0.3 is 20.9 Å². The fourth-order valence-electron chi connectivity index (χ4n) is 5.02. The average Bonchev–Trinajstić information content (AvgIpc) is 3.11. The van der Waals surface area contributed by atoms with Gasteiger partial charge in [0.25, 0.3) is 11.7 Å². The maximum Gasteiger partial charge on any atom is 0.270 e. The molecule has 3 aliphatic rings. The summed E-state index contributed by atoms with van der Waals surface area (Å²) in [7, 11) is 0. The lowest BCUT2D eigenvalue weighted by Gasteiger charge is -2.34. The molecule has 5 rings (SSSR count). The quantitative estimate of drug-likeness (QED) is 0.693. The number of benzene rings is 2. The maximum atomic E-state index is 13.9. The summed E-state index contributed by atoms with van der Waals surface area (Å²) in [6.45, 7) is 5.99. The molecule has 164 valence electrons. The molecule has 2 unspecified atom stereocenters. The monoisotopic (exact) mass is 430 g/mol. The van der Waals surface area contributed by atoms with Gasteiger partial charge in [-0.1, -0.05) is 49.8 Å². The summed E-state index contributed by atoms with van der Waals surface area (Å²) in [5, 5.41) is 14.8. The molecule has 0 saturated heterocycles. The molecule has 0 spiro atoms. The van der Waals surface area contributed by atoms with Crippen molar-refractivity contribution in [1.29, 1.82) is 0 Å². The van der Waals surface area contributed by atoms with Crippen molar-refractivity contribution in [2.75, 3.05) is 0 Å². The summed E-state index contributed by atoms with van der Waals surface area (Å²) in [5.41, 5.74) is 8.15. The molecule has 2 aromatic rings. The van der Waals surface area contributed by atoms with E-state index < -0.39 is 23.0 Å². The Morgan fingerprint density at radius 2 is 2.00 bits per heavy atom. The second kappa shape index (κ2) is 6.81. The van der Waals surface area contributed by atoms with Gasteiger partial charge in [0.2, 0.25) is 11.3 Å². The van der Waals surface area contributed by atoms with Gasteiger partial charge in [0.1, 0.15) is 5.75 Å². The van der Waals surface area contributed by atoms with E-state index in [2.05, 4.69) is 19.2 Å². The minimum absolute atomic E-state index is 0.229. The number of aryl methyl sites for hydroxylation is 1. The molecule has 1 saturated carbocycles. The summed E-state index contributed by atoms with van der Waals surface area (Å²) in [6.07, 6.45) is 2.89. The Kier molecular flexibility index (Phi) is 4.37. The van der Waals surface area contributed by atoms with Crippen molar-refractivity contribution >= 4 is 11.7 Å². The van der Waals surface area contributed by atoms with Crippen LogP contribution in [0.5, 0.6) is 5.75 Å². The number of nitrogens with one attached hydrogen (secondary N) is 1. The molecule has 2 aliphatic carbocycles. The van der Waals surface area contributed by atoms with Crippen LogP contribution in [0.2, 0.25) is 0 Å². The molecular formula is C26H26N2O4. The number of amides is 1. The topological polar surface area (TPSA) is 102 Å². The van der Waals surface area contributed by atoms with Crippen molar-refractivity contribution in [3.05, 3.63) is 87.6 Å². The molecule has 0 bridgehead atoms. The van der Waals surface area contributed by atoms with E-state index in [1.807, 2.05) is 25.1 Å². The number of nitrogens with two attached hydrogens (primary N) is 1. The number of ketones is 1. The predicted octanol–water partition coefficient (Wildman–Crippen LogP) is 3.34. The van der Waals surface area contributed by atoms with Crippen LogP contribution in [0.25, 0.3) is 0 Å². The summed E-state index contributed by atoms with van der Waals surface area (Å²) in [6, 6.07) is 12.6. The van der Waals surface area contributed by atoms with Crippen LogP contribution in [-0.2, 0) is 10.3 Å². The zero-order valence-corrected chi connectivity index (χ0v) is 18.4. The van der Waals surface area contributed by atoms with E-state index in [4.69, 9.17) is 10.5 Å². The number of Topliss-reactive ketones (excluding diaryl/α,β-unsaturated/α-hetero) is 1. The maximum absolute atomic E-state index is 13.9. The SMILES string of the molecule is Cc1cccc(C(=O)NC23C(=O)C4=C(N)CCC=C4C2(O)Oc2cc(C(C)C)ccc23)c1. The zero-order valence-electron chi connectivity index (χ0n) is 18.4. The van der Waals surface area contributed by atoms with Crippen molar-refractivity contribution in [2.24, 2.45) is 5.73 Å². The van der Waals surface area contributed by atoms with E-state index in [0.29, 0.717) is 41.0 Å². The van der Waals surface area contributed by atoms with E-state index in [1.165, 1.54) is 0 Å². The van der Waals surface area contributed by atoms with Gasteiger partial charge in [-0.05, 0) is 49.4 Å². The zero-order chi connectivity index (χ0) is 22.8. The van der Waals surface area contributed by atoms with Gasteiger partial charge in [0.15, 0.2) is 0 Å². The van der Waals surface area contributed by atoms with Crippen molar-refractivity contribution in [3.63, 3.8) is 0 Å². The second-order valence-corrected chi connectivity index (χ2v) is 9.12. The number of rotatable bonds is 3. The van der Waals surface area contributed by atoms with E-state index in [0.717, 1.165) is 11.1 Å². The fraction of sp³-hybridized carbons (Fsp3) is 0.308. The molecule has 1 amide bonds. The molecule has 0 aromatic heterocycles. The largest absolute Gasteiger partial charge is 0.454 e. The third-order valence-electron chi connectivity index (χ3n) is 6.71. The second-order valence-electron chi connectivity index (χ2n) is 9.12. The number of allylic oxidation sites excluding steroid dienone is 2. The Hall–Kier alpha value is -3.38. The molecule has 6 heteroatoms. The Labute approximate surface area is 186 Å². The summed E-state index contributed by atoms with van der Waals surface area (Å²) < 4.78 is 6.12. The van der Waals surface area contributed by atoms with Crippen molar-refractivity contribution < 1.29 is 19.4 Å². The standard InChI is InChI=1S/C26H26N2O4/c1-14(2)16-10-11-18-21(13-16)32-26(31)19-8-5-9-20(27)22(19)23(29)25(18,26)28-24(30)17-7-4-6-15(3)12-17/h4,6-8,10-14,31H,5,9,27H2,1-3H3,(H,28,30). The van der Waals surface area contributed by atoms with Gasteiger partial charge in [-0.25, -0.2) is 0 Å². The van der Waals surface area contributed by atoms with Crippen LogP contribution >= 0.6 is 0 Å². The van der Waals surface area contributed by atoms with Gasteiger partial charge in [-0.15, -0.1) is 0 Å². The van der Waals surface area contributed by atoms with Gasteiger partial charge in [-0.3, -0.25) is 9.59 Å². The highest BCUT2D eigenvalue weighted by atomic mass is 16.6. The summed E-state index contributed by atoms with van der Waals surface area (Å²) >= 11 is 0. The number of aliphatic hydroxyl groups is 1. The van der Waals surface area contributed by atoms with E-state index >= 15 is 0 Å². The molecule has 0 radical (unpaired) electrons. The van der Waals surface area contributed by atoms with Crippen molar-refractivity contribution in [1.82, 2.24) is 5.32 Å². The first-order valence-corrected chi connectivity index (χ1v) is 10.9. The Balaban J connectivity index is 1.73. The molecule has 1 heterocycles. The number of hydrogen-bond acceptors (Lipinski definition) is 5. The summed E-state index contributed by atoms with van der Waals surface area (Å²) in [4.78, 5) is 27.3. The third-order valence-corrected chi connectivity index (χ3v) is 6.71. The van der Waals surface area contributed by atoms with E-state index in [1.54, 1.807) is 30.3 Å². The molecule has 4 N–H and O–H groups in total. The Morgan fingerprint density at radius 3 is 2.72 bits per heavy atom. The Bertz CT molecular complexity index is 1240.